The lowest BCUT2D eigenvalue weighted by Gasteiger charge is -2.37. The van der Waals surface area contributed by atoms with Crippen LogP contribution in [0.4, 0.5) is 4.39 Å². The van der Waals surface area contributed by atoms with Gasteiger partial charge < -0.3 is 0 Å². The summed E-state index contributed by atoms with van der Waals surface area (Å²) in [6, 6.07) is 10.9. The van der Waals surface area contributed by atoms with Crippen molar-refractivity contribution in [3.63, 3.8) is 0 Å². The fourth-order valence-electron chi connectivity index (χ4n) is 6.02. The molecule has 1 heterocycles. The minimum absolute atomic E-state index is 0.0123. The Hall–Kier alpha value is -3.32. The number of carbonyl (C=O) groups is 4. The van der Waals surface area contributed by atoms with Crippen LogP contribution in [0, 0.1) is 41.3 Å². The molecule has 0 aromatic heterocycles. The molecule has 6 nitrogen and oxygen atoms in total. The number of carbonyl (C=O) groups excluding carboxylic acids is 4. The second-order valence-corrected chi connectivity index (χ2v) is 9.88. The van der Waals surface area contributed by atoms with Crippen molar-refractivity contribution in [3.8, 4) is 0 Å². The molecule has 172 valence electrons. The number of nitrogens with zero attached hydrogens (tertiary/aromatic N) is 2. The van der Waals surface area contributed by atoms with Crippen LogP contribution in [-0.2, 0) is 9.59 Å². The van der Waals surface area contributed by atoms with Gasteiger partial charge in [-0.15, -0.1) is 0 Å². The van der Waals surface area contributed by atoms with Crippen molar-refractivity contribution in [2.75, 3.05) is 6.54 Å². The van der Waals surface area contributed by atoms with Gasteiger partial charge in [-0.3, -0.25) is 19.2 Å². The fourth-order valence-corrected chi connectivity index (χ4v) is 6.14. The first-order chi connectivity index (χ1) is 16.3. The molecular formula is C26H20ClFN2O4. The number of halogens is 2. The van der Waals surface area contributed by atoms with Gasteiger partial charge in [0.15, 0.2) is 5.78 Å². The molecule has 5 aliphatic rings. The van der Waals surface area contributed by atoms with E-state index in [9.17, 15) is 23.6 Å². The van der Waals surface area contributed by atoms with Crippen LogP contribution in [0.3, 0.4) is 0 Å². The molecule has 34 heavy (non-hydrogen) atoms. The molecule has 8 heteroatoms. The van der Waals surface area contributed by atoms with E-state index in [0.717, 1.165) is 28.6 Å². The van der Waals surface area contributed by atoms with E-state index in [1.165, 1.54) is 36.4 Å². The SMILES string of the molecule is O=C(CN(C(=O)c1ccc(Cl)cc1)N1C(=O)[C@@H]2[C@H]3C=C[C@@H]([C@@H]4C[C@H]34)[C@@H]2C1=O)c1ccc(F)cc1. The number of hydrogen-bond donors (Lipinski definition) is 0. The average molecular weight is 479 g/mol. The Morgan fingerprint density at radius 1 is 0.882 bits per heavy atom. The summed E-state index contributed by atoms with van der Waals surface area (Å²) in [4.78, 5) is 53.8. The van der Waals surface area contributed by atoms with Crippen molar-refractivity contribution >= 4 is 35.1 Å². The average Bonchev–Trinajstić information content (AvgIpc) is 3.62. The highest BCUT2D eigenvalue weighted by Gasteiger charge is 2.68. The quantitative estimate of drug-likeness (QED) is 0.372. The standard InChI is InChI=1S/C26H20ClFN2O4/c27-15-5-1-14(2-6-15)24(32)29(12-21(31)13-3-7-16(28)8-4-13)30-25(33)22-17-9-10-18(20-11-19(17)20)23(22)26(30)34/h1-10,17-20,22-23H,11-12H2/t17-,18-,19-,20+,22-,23+/m0/s1. The van der Waals surface area contributed by atoms with E-state index in [1.54, 1.807) is 0 Å². The Bertz CT molecular complexity index is 1220. The summed E-state index contributed by atoms with van der Waals surface area (Å²) in [5.74, 6) is -2.75. The van der Waals surface area contributed by atoms with Gasteiger partial charge in [0.2, 0.25) is 0 Å². The normalized spacial score (nSPS) is 30.2. The second kappa shape index (κ2) is 7.60. The van der Waals surface area contributed by atoms with E-state index in [-0.39, 0.29) is 23.0 Å². The molecule has 6 atom stereocenters. The molecule has 7 rings (SSSR count). The molecule has 3 fully saturated rings. The van der Waals surface area contributed by atoms with Crippen LogP contribution in [0.5, 0.6) is 0 Å². The highest BCUT2D eigenvalue weighted by Crippen LogP contribution is 2.65. The second-order valence-electron chi connectivity index (χ2n) is 9.44. The summed E-state index contributed by atoms with van der Waals surface area (Å²) >= 11 is 5.95. The van der Waals surface area contributed by atoms with E-state index >= 15 is 0 Å². The molecule has 0 radical (unpaired) electrons. The maximum Gasteiger partial charge on any atom is 0.273 e. The lowest BCUT2D eigenvalue weighted by Crippen LogP contribution is -2.52. The molecule has 3 amide bonds. The van der Waals surface area contributed by atoms with Crippen LogP contribution in [0.25, 0.3) is 0 Å². The van der Waals surface area contributed by atoms with Gasteiger partial charge in [-0.05, 0) is 78.6 Å². The third kappa shape index (κ3) is 3.14. The van der Waals surface area contributed by atoms with Gasteiger partial charge in [0.05, 0.1) is 11.8 Å². The smallest absolute Gasteiger partial charge is 0.273 e. The van der Waals surface area contributed by atoms with Crippen molar-refractivity contribution in [1.82, 2.24) is 10.0 Å². The first kappa shape index (κ1) is 21.2. The zero-order valence-electron chi connectivity index (χ0n) is 17.9. The van der Waals surface area contributed by atoms with Gasteiger partial charge in [-0.2, -0.15) is 5.01 Å². The summed E-state index contributed by atoms with van der Waals surface area (Å²) < 4.78 is 13.3. The molecule has 1 saturated heterocycles. The largest absolute Gasteiger partial charge is 0.292 e. The number of hydrazine groups is 1. The molecular weight excluding hydrogens is 459 g/mol. The fraction of sp³-hybridized carbons (Fsp3) is 0.308. The van der Waals surface area contributed by atoms with Gasteiger partial charge in [0.1, 0.15) is 12.4 Å². The van der Waals surface area contributed by atoms with Crippen molar-refractivity contribution in [2.45, 2.75) is 6.42 Å². The van der Waals surface area contributed by atoms with E-state index in [4.69, 9.17) is 11.6 Å². The number of allylic oxidation sites excluding steroid dienone is 2. The summed E-state index contributed by atoms with van der Waals surface area (Å²) in [6.07, 6.45) is 5.11. The van der Waals surface area contributed by atoms with Crippen molar-refractivity contribution in [1.29, 1.82) is 0 Å². The molecule has 0 N–H and O–H groups in total. The Kier molecular flexibility index (Phi) is 4.74. The minimum atomic E-state index is -0.655. The highest BCUT2D eigenvalue weighted by molar-refractivity contribution is 6.30. The van der Waals surface area contributed by atoms with Crippen LogP contribution in [0.15, 0.2) is 60.7 Å². The number of benzene rings is 2. The number of ketones is 1. The monoisotopic (exact) mass is 478 g/mol. The number of imide groups is 1. The lowest BCUT2D eigenvalue weighted by molar-refractivity contribution is -0.154. The summed E-state index contributed by atoms with van der Waals surface area (Å²) in [5, 5.41) is 2.26. The molecule has 4 aliphatic carbocycles. The zero-order valence-corrected chi connectivity index (χ0v) is 18.7. The maximum atomic E-state index is 13.6. The van der Waals surface area contributed by atoms with E-state index in [2.05, 4.69) is 0 Å². The van der Waals surface area contributed by atoms with Crippen molar-refractivity contribution in [3.05, 3.63) is 82.6 Å². The third-order valence-corrected chi connectivity index (χ3v) is 7.92. The van der Waals surface area contributed by atoms with Gasteiger partial charge >= 0.3 is 0 Å². The Morgan fingerprint density at radius 2 is 1.41 bits per heavy atom. The molecule has 0 unspecified atom stereocenters. The van der Waals surface area contributed by atoms with Crippen LogP contribution in [-0.4, -0.2) is 40.1 Å². The molecule has 2 aromatic rings. The molecule has 2 aromatic carbocycles. The first-order valence-electron chi connectivity index (χ1n) is 11.3. The maximum absolute atomic E-state index is 13.6. The zero-order chi connectivity index (χ0) is 23.7. The number of Topliss-reactive ketones (excluding diaryl/α,β-unsaturated/α-hetero) is 1. The molecule has 0 spiro atoms. The summed E-state index contributed by atoms with van der Waals surface area (Å²) in [7, 11) is 0. The Balaban J connectivity index is 1.36. The lowest BCUT2D eigenvalue weighted by atomic mass is 9.63. The van der Waals surface area contributed by atoms with Crippen LogP contribution < -0.4 is 0 Å². The number of rotatable bonds is 5. The third-order valence-electron chi connectivity index (χ3n) is 7.67. The first-order valence-corrected chi connectivity index (χ1v) is 11.6. The minimum Gasteiger partial charge on any atom is -0.292 e. The van der Waals surface area contributed by atoms with E-state index < -0.39 is 47.7 Å². The van der Waals surface area contributed by atoms with Crippen LogP contribution in [0.1, 0.15) is 27.1 Å². The van der Waals surface area contributed by atoms with Crippen LogP contribution in [0.2, 0.25) is 5.02 Å². The van der Waals surface area contributed by atoms with Crippen molar-refractivity contribution < 1.29 is 23.6 Å². The summed E-state index contributed by atoms with van der Waals surface area (Å²) in [6.45, 7) is -0.528. The predicted octanol–water partition coefficient (Wildman–Crippen LogP) is 3.77. The van der Waals surface area contributed by atoms with E-state index in [1.807, 2.05) is 12.2 Å². The van der Waals surface area contributed by atoms with E-state index in [0.29, 0.717) is 16.9 Å². The Labute approximate surface area is 199 Å². The topological polar surface area (TPSA) is 74.8 Å². The van der Waals surface area contributed by atoms with Crippen LogP contribution >= 0.6 is 11.6 Å². The van der Waals surface area contributed by atoms with Gasteiger partial charge in [0, 0.05) is 16.1 Å². The molecule has 2 bridgehead atoms. The number of hydrogen-bond acceptors (Lipinski definition) is 4. The van der Waals surface area contributed by atoms with Gasteiger partial charge in [0.25, 0.3) is 17.7 Å². The van der Waals surface area contributed by atoms with Crippen molar-refractivity contribution in [2.24, 2.45) is 35.5 Å². The number of amides is 3. The molecule has 2 saturated carbocycles. The Morgan fingerprint density at radius 3 is 1.97 bits per heavy atom. The highest BCUT2D eigenvalue weighted by atomic mass is 35.5. The molecule has 1 aliphatic heterocycles. The van der Waals surface area contributed by atoms with Gasteiger partial charge in [-0.1, -0.05) is 23.8 Å². The summed E-state index contributed by atoms with van der Waals surface area (Å²) in [5.41, 5.74) is 0.366. The predicted molar refractivity (Wildman–Crippen MR) is 120 cm³/mol. The van der Waals surface area contributed by atoms with Gasteiger partial charge in [-0.25, -0.2) is 9.40 Å².